The van der Waals surface area contributed by atoms with Crippen LogP contribution in [0.2, 0.25) is 0 Å². The van der Waals surface area contributed by atoms with Gasteiger partial charge in [-0.1, -0.05) is 19.1 Å². The molecule has 1 aromatic carbocycles. The molecule has 2 aliphatic rings. The number of aliphatic carboxylic acids is 1. The molecule has 0 aliphatic carbocycles. The molecule has 6 heteroatoms. The lowest BCUT2D eigenvalue weighted by Gasteiger charge is -2.35. The zero-order valence-electron chi connectivity index (χ0n) is 13.8. The monoisotopic (exact) mass is 331 g/mol. The van der Waals surface area contributed by atoms with E-state index in [9.17, 15) is 14.7 Å². The van der Waals surface area contributed by atoms with E-state index in [1.54, 1.807) is 12.0 Å². The summed E-state index contributed by atoms with van der Waals surface area (Å²) < 4.78 is 11.0. The number of nitrogens with zero attached hydrogens (tertiary/aromatic N) is 1. The van der Waals surface area contributed by atoms with Crippen LogP contribution in [0, 0.1) is 11.8 Å². The van der Waals surface area contributed by atoms with Gasteiger partial charge in [0.25, 0.3) is 5.91 Å². The number of methoxy groups -OCH3 is 1. The van der Waals surface area contributed by atoms with Crippen molar-refractivity contribution in [1.29, 1.82) is 0 Å². The van der Waals surface area contributed by atoms with Crippen LogP contribution >= 0.6 is 0 Å². The van der Waals surface area contributed by atoms with Crippen molar-refractivity contribution in [2.45, 2.75) is 13.3 Å². The Kier molecular flexibility index (Phi) is 4.46. The summed E-state index contributed by atoms with van der Waals surface area (Å²) in [4.78, 5) is 25.7. The molecule has 2 aliphatic heterocycles. The molecule has 2 heterocycles. The average molecular weight is 331 g/mol. The summed E-state index contributed by atoms with van der Waals surface area (Å²) >= 11 is 0. The Bertz CT molecular complexity index is 697. The SMILES string of the molecule is COc1cccc2c1OCC(C(=O)N1CCC(C(=O)O)C(C)C1)=C2. The van der Waals surface area contributed by atoms with Gasteiger partial charge in [0.05, 0.1) is 18.6 Å². The summed E-state index contributed by atoms with van der Waals surface area (Å²) in [6.07, 6.45) is 2.32. The lowest BCUT2D eigenvalue weighted by atomic mass is 9.86. The molecule has 1 aromatic rings. The van der Waals surface area contributed by atoms with Crippen LogP contribution in [0.3, 0.4) is 0 Å². The molecule has 1 fully saturated rings. The van der Waals surface area contributed by atoms with Crippen molar-refractivity contribution >= 4 is 18.0 Å². The van der Waals surface area contributed by atoms with Crippen LogP contribution in [-0.2, 0) is 9.59 Å². The Morgan fingerprint density at radius 3 is 2.83 bits per heavy atom. The highest BCUT2D eigenvalue weighted by atomic mass is 16.5. The van der Waals surface area contributed by atoms with Gasteiger partial charge >= 0.3 is 5.97 Å². The largest absolute Gasteiger partial charge is 0.493 e. The molecule has 2 unspecified atom stereocenters. The van der Waals surface area contributed by atoms with Gasteiger partial charge in [0.1, 0.15) is 6.61 Å². The number of carbonyl (C=O) groups is 2. The van der Waals surface area contributed by atoms with E-state index in [0.29, 0.717) is 36.6 Å². The van der Waals surface area contributed by atoms with Crippen molar-refractivity contribution in [3.8, 4) is 11.5 Å². The number of hydrogen-bond donors (Lipinski definition) is 1. The fraction of sp³-hybridized carbons (Fsp3) is 0.444. The molecule has 3 rings (SSSR count). The van der Waals surface area contributed by atoms with Gasteiger partial charge in [0, 0.05) is 18.7 Å². The molecule has 1 amide bonds. The number of rotatable bonds is 3. The summed E-state index contributed by atoms with van der Waals surface area (Å²) in [5.41, 5.74) is 1.40. The van der Waals surface area contributed by atoms with E-state index < -0.39 is 5.97 Å². The molecule has 0 bridgehead atoms. The van der Waals surface area contributed by atoms with Gasteiger partial charge in [0.2, 0.25) is 0 Å². The summed E-state index contributed by atoms with van der Waals surface area (Å²) in [7, 11) is 1.58. The number of carboxylic acid groups (broad SMARTS) is 1. The summed E-state index contributed by atoms with van der Waals surface area (Å²) in [6, 6.07) is 5.55. The average Bonchev–Trinajstić information content (AvgIpc) is 2.59. The van der Waals surface area contributed by atoms with E-state index >= 15 is 0 Å². The number of hydrogen-bond acceptors (Lipinski definition) is 4. The van der Waals surface area contributed by atoms with Crippen LogP contribution in [0.1, 0.15) is 18.9 Å². The van der Waals surface area contributed by atoms with Crippen molar-refractivity contribution in [2.75, 3.05) is 26.8 Å². The maximum Gasteiger partial charge on any atom is 0.306 e. The Hall–Kier alpha value is -2.50. The summed E-state index contributed by atoms with van der Waals surface area (Å²) in [5.74, 6) is -0.0102. The number of piperidine rings is 1. The highest BCUT2D eigenvalue weighted by molar-refractivity contribution is 5.99. The second-order valence-corrected chi connectivity index (χ2v) is 6.30. The first kappa shape index (κ1) is 16.4. The molecule has 2 atom stereocenters. The van der Waals surface area contributed by atoms with Crippen LogP contribution in [-0.4, -0.2) is 48.7 Å². The predicted molar refractivity (Wildman–Crippen MR) is 88.0 cm³/mol. The van der Waals surface area contributed by atoms with E-state index in [-0.39, 0.29) is 24.3 Å². The highest BCUT2D eigenvalue weighted by Gasteiger charge is 2.34. The Morgan fingerprint density at radius 2 is 2.17 bits per heavy atom. The topological polar surface area (TPSA) is 76.1 Å². The lowest BCUT2D eigenvalue weighted by molar-refractivity contribution is -0.147. The molecule has 0 spiro atoms. The van der Waals surface area contributed by atoms with Gasteiger partial charge in [-0.05, 0) is 24.5 Å². The molecule has 0 radical (unpaired) electrons. The predicted octanol–water partition coefficient (Wildman–Crippen LogP) is 2.04. The van der Waals surface area contributed by atoms with E-state index in [1.165, 1.54) is 0 Å². The number of likely N-dealkylation sites (tertiary alicyclic amines) is 1. The Balaban J connectivity index is 1.77. The van der Waals surface area contributed by atoms with Crippen LogP contribution in [0.5, 0.6) is 11.5 Å². The molecule has 6 nitrogen and oxygen atoms in total. The third kappa shape index (κ3) is 2.96. The van der Waals surface area contributed by atoms with Crippen molar-refractivity contribution < 1.29 is 24.2 Å². The second-order valence-electron chi connectivity index (χ2n) is 6.30. The molecule has 128 valence electrons. The van der Waals surface area contributed by atoms with E-state index in [2.05, 4.69) is 0 Å². The fourth-order valence-corrected chi connectivity index (χ4v) is 3.36. The number of ether oxygens (including phenoxy) is 2. The van der Waals surface area contributed by atoms with Crippen molar-refractivity contribution in [3.05, 3.63) is 29.3 Å². The molecule has 0 saturated carbocycles. The minimum Gasteiger partial charge on any atom is -0.493 e. The number of fused-ring (bicyclic) bond motifs is 1. The third-order valence-electron chi connectivity index (χ3n) is 4.72. The number of benzene rings is 1. The molecule has 0 aromatic heterocycles. The minimum atomic E-state index is -0.782. The molecular formula is C18H21NO5. The first-order valence-corrected chi connectivity index (χ1v) is 8.03. The quantitative estimate of drug-likeness (QED) is 0.917. The highest BCUT2D eigenvalue weighted by Crippen LogP contribution is 2.36. The zero-order valence-corrected chi connectivity index (χ0v) is 13.8. The van der Waals surface area contributed by atoms with Gasteiger partial charge in [-0.25, -0.2) is 0 Å². The van der Waals surface area contributed by atoms with E-state index in [1.807, 2.05) is 31.2 Å². The van der Waals surface area contributed by atoms with Crippen LogP contribution in [0.25, 0.3) is 6.08 Å². The van der Waals surface area contributed by atoms with Crippen molar-refractivity contribution in [2.24, 2.45) is 11.8 Å². The van der Waals surface area contributed by atoms with Gasteiger partial charge in [0.15, 0.2) is 11.5 Å². The van der Waals surface area contributed by atoms with E-state index in [0.717, 1.165) is 5.56 Å². The van der Waals surface area contributed by atoms with Crippen molar-refractivity contribution in [3.63, 3.8) is 0 Å². The van der Waals surface area contributed by atoms with Gasteiger partial charge in [-0.15, -0.1) is 0 Å². The normalized spacial score (nSPS) is 22.9. The van der Waals surface area contributed by atoms with E-state index in [4.69, 9.17) is 9.47 Å². The number of amides is 1. The lowest BCUT2D eigenvalue weighted by Crippen LogP contribution is -2.46. The number of para-hydroxylation sites is 1. The van der Waals surface area contributed by atoms with Crippen LogP contribution in [0.4, 0.5) is 0 Å². The summed E-state index contributed by atoms with van der Waals surface area (Å²) in [6.45, 7) is 2.99. The van der Waals surface area contributed by atoms with Gasteiger partial charge in [-0.3, -0.25) is 9.59 Å². The van der Waals surface area contributed by atoms with Gasteiger partial charge < -0.3 is 19.5 Å². The smallest absolute Gasteiger partial charge is 0.306 e. The molecular weight excluding hydrogens is 310 g/mol. The number of carboxylic acids is 1. The Labute approximate surface area is 140 Å². The standard InChI is InChI=1S/C18H21NO5/c1-11-9-19(7-6-14(11)18(21)22)17(20)13-8-12-4-3-5-15(23-2)16(12)24-10-13/h3-5,8,11,14H,6-7,9-10H2,1-2H3,(H,21,22). The van der Waals surface area contributed by atoms with Crippen molar-refractivity contribution in [1.82, 2.24) is 4.90 Å². The summed E-state index contributed by atoms with van der Waals surface area (Å²) in [5, 5.41) is 9.19. The first-order chi connectivity index (χ1) is 11.5. The third-order valence-corrected chi connectivity index (χ3v) is 4.72. The Morgan fingerprint density at radius 1 is 1.38 bits per heavy atom. The molecule has 24 heavy (non-hydrogen) atoms. The maximum atomic E-state index is 12.7. The maximum absolute atomic E-state index is 12.7. The molecule has 1 N–H and O–H groups in total. The van der Waals surface area contributed by atoms with Crippen LogP contribution in [0.15, 0.2) is 23.8 Å². The first-order valence-electron chi connectivity index (χ1n) is 8.03. The zero-order chi connectivity index (χ0) is 17.3. The fourth-order valence-electron chi connectivity index (χ4n) is 3.36. The second kappa shape index (κ2) is 6.55. The van der Waals surface area contributed by atoms with Crippen LogP contribution < -0.4 is 9.47 Å². The van der Waals surface area contributed by atoms with Gasteiger partial charge in [-0.2, -0.15) is 0 Å². The minimum absolute atomic E-state index is 0.0577. The number of carbonyl (C=O) groups excluding carboxylic acids is 1. The molecule has 1 saturated heterocycles.